The molecule has 162 valence electrons. The third-order valence-corrected chi connectivity index (χ3v) is 5.72. The van der Waals surface area contributed by atoms with Gasteiger partial charge in [-0.25, -0.2) is 4.98 Å². The number of benzene rings is 2. The average Bonchev–Trinajstić information content (AvgIpc) is 3.07. The molecule has 4 aromatic rings. The van der Waals surface area contributed by atoms with Crippen LogP contribution in [0.5, 0.6) is 5.75 Å². The maximum atomic E-state index is 13.4. The first-order valence-electron chi connectivity index (χ1n) is 9.75. The van der Waals surface area contributed by atoms with Crippen LogP contribution in [0, 0.1) is 5.92 Å². The number of H-pyrrole nitrogens is 1. The zero-order valence-electron chi connectivity index (χ0n) is 16.9. The first-order chi connectivity index (χ1) is 14.7. The number of nitrogens with one attached hydrogen (secondary N) is 1. The summed E-state index contributed by atoms with van der Waals surface area (Å²) in [7, 11) is 0. The minimum Gasteiger partial charge on any atom is -0.406 e. The first kappa shape index (κ1) is 21.3. The SMILES string of the molecule is CC(C)CCSc1nc2c([nH]c3ccccc32)c(=O)n1-c1ccc(OC(F)(F)F)cc1. The second kappa shape index (κ2) is 8.30. The number of halogens is 3. The van der Waals surface area contributed by atoms with Gasteiger partial charge in [0.25, 0.3) is 5.56 Å². The van der Waals surface area contributed by atoms with E-state index in [-0.39, 0.29) is 11.3 Å². The number of alkyl halides is 3. The third-order valence-electron chi connectivity index (χ3n) is 4.75. The Morgan fingerprint density at radius 1 is 1.13 bits per heavy atom. The fourth-order valence-electron chi connectivity index (χ4n) is 3.25. The van der Waals surface area contributed by atoms with Crippen LogP contribution in [0.3, 0.4) is 0 Å². The van der Waals surface area contributed by atoms with E-state index < -0.39 is 6.36 Å². The van der Waals surface area contributed by atoms with Gasteiger partial charge >= 0.3 is 6.36 Å². The molecule has 0 unspecified atom stereocenters. The quantitative estimate of drug-likeness (QED) is 0.295. The number of thioether (sulfide) groups is 1. The second-order valence-corrected chi connectivity index (χ2v) is 8.56. The number of ether oxygens (including phenoxy) is 1. The molecule has 9 heteroatoms. The number of aromatic nitrogens is 3. The zero-order chi connectivity index (χ0) is 22.2. The van der Waals surface area contributed by atoms with Crippen molar-refractivity contribution in [3.05, 3.63) is 58.9 Å². The van der Waals surface area contributed by atoms with Crippen molar-refractivity contribution in [3.63, 3.8) is 0 Å². The van der Waals surface area contributed by atoms with Gasteiger partial charge in [-0.2, -0.15) is 0 Å². The number of nitrogens with zero attached hydrogens (tertiary/aromatic N) is 2. The molecule has 0 fully saturated rings. The summed E-state index contributed by atoms with van der Waals surface area (Å²) in [6.45, 7) is 4.23. The van der Waals surface area contributed by atoms with Crippen LogP contribution >= 0.6 is 11.8 Å². The molecule has 5 nitrogen and oxygen atoms in total. The number of rotatable bonds is 6. The highest BCUT2D eigenvalue weighted by Crippen LogP contribution is 2.28. The summed E-state index contributed by atoms with van der Waals surface area (Å²) in [6.07, 6.45) is -3.84. The Balaban J connectivity index is 1.84. The number of fused-ring (bicyclic) bond motifs is 3. The molecule has 2 aromatic heterocycles. The highest BCUT2D eigenvalue weighted by molar-refractivity contribution is 7.99. The lowest BCUT2D eigenvalue weighted by atomic mass is 10.2. The number of para-hydroxylation sites is 1. The number of aromatic amines is 1. The third kappa shape index (κ3) is 4.56. The van der Waals surface area contributed by atoms with Crippen LogP contribution in [0.2, 0.25) is 0 Å². The smallest absolute Gasteiger partial charge is 0.406 e. The molecule has 0 bridgehead atoms. The van der Waals surface area contributed by atoms with Gasteiger partial charge in [-0.05, 0) is 42.7 Å². The standard InChI is InChI=1S/C22H20F3N3O2S/c1-13(2)11-12-31-21-27-18-16-5-3-4-6-17(16)26-19(18)20(29)28(21)14-7-9-15(10-8-14)30-22(23,24)25/h3-10,13,26H,11-12H2,1-2H3. The molecule has 4 rings (SSSR count). The van der Waals surface area contributed by atoms with Gasteiger partial charge in [0, 0.05) is 16.7 Å². The fraction of sp³-hybridized carbons (Fsp3) is 0.273. The van der Waals surface area contributed by atoms with E-state index in [0.29, 0.717) is 27.8 Å². The molecule has 2 heterocycles. The molecule has 2 aromatic carbocycles. The topological polar surface area (TPSA) is 59.9 Å². The molecule has 0 saturated carbocycles. The minimum absolute atomic E-state index is 0.308. The van der Waals surface area contributed by atoms with Gasteiger partial charge in [0.2, 0.25) is 0 Å². The van der Waals surface area contributed by atoms with Crippen molar-refractivity contribution in [2.75, 3.05) is 5.75 Å². The summed E-state index contributed by atoms with van der Waals surface area (Å²) in [6, 6.07) is 12.7. The van der Waals surface area contributed by atoms with Crippen molar-refractivity contribution in [2.45, 2.75) is 31.8 Å². The summed E-state index contributed by atoms with van der Waals surface area (Å²) >= 11 is 1.45. The number of hydrogen-bond acceptors (Lipinski definition) is 4. The molecular formula is C22H20F3N3O2S. The molecule has 0 aliphatic carbocycles. The maximum absolute atomic E-state index is 13.4. The van der Waals surface area contributed by atoms with Crippen molar-refractivity contribution >= 4 is 33.7 Å². The Morgan fingerprint density at radius 2 is 1.84 bits per heavy atom. The van der Waals surface area contributed by atoms with Crippen molar-refractivity contribution in [2.24, 2.45) is 5.92 Å². The monoisotopic (exact) mass is 447 g/mol. The Hall–Kier alpha value is -2.94. The van der Waals surface area contributed by atoms with Gasteiger partial charge in [-0.1, -0.05) is 43.8 Å². The van der Waals surface area contributed by atoms with E-state index >= 15 is 0 Å². The minimum atomic E-state index is -4.78. The van der Waals surface area contributed by atoms with Gasteiger partial charge in [-0.3, -0.25) is 9.36 Å². The van der Waals surface area contributed by atoms with E-state index in [1.807, 2.05) is 24.3 Å². The van der Waals surface area contributed by atoms with E-state index in [1.165, 1.54) is 40.6 Å². The van der Waals surface area contributed by atoms with Crippen LogP contribution in [0.15, 0.2) is 58.5 Å². The highest BCUT2D eigenvalue weighted by Gasteiger charge is 2.31. The van der Waals surface area contributed by atoms with E-state index in [2.05, 4.69) is 23.6 Å². The van der Waals surface area contributed by atoms with Crippen LogP contribution in [0.1, 0.15) is 20.3 Å². The van der Waals surface area contributed by atoms with Crippen molar-refractivity contribution < 1.29 is 17.9 Å². The molecule has 1 N–H and O–H groups in total. The fourth-order valence-corrected chi connectivity index (χ4v) is 4.49. The molecule has 0 amide bonds. The van der Waals surface area contributed by atoms with Gasteiger partial charge < -0.3 is 9.72 Å². The molecule has 0 radical (unpaired) electrons. The molecular weight excluding hydrogens is 427 g/mol. The summed E-state index contributed by atoms with van der Waals surface area (Å²) in [4.78, 5) is 21.3. The van der Waals surface area contributed by atoms with Gasteiger partial charge in [0.05, 0.1) is 5.69 Å². The Morgan fingerprint density at radius 3 is 2.52 bits per heavy atom. The highest BCUT2D eigenvalue weighted by atomic mass is 32.2. The van der Waals surface area contributed by atoms with E-state index in [9.17, 15) is 18.0 Å². The lowest BCUT2D eigenvalue weighted by Crippen LogP contribution is -2.22. The Kier molecular flexibility index (Phi) is 5.70. The van der Waals surface area contributed by atoms with Crippen LogP contribution < -0.4 is 10.3 Å². The van der Waals surface area contributed by atoms with E-state index in [0.717, 1.165) is 23.1 Å². The Labute approximate surface area is 180 Å². The van der Waals surface area contributed by atoms with Crippen molar-refractivity contribution in [1.29, 1.82) is 0 Å². The van der Waals surface area contributed by atoms with Crippen LogP contribution in [-0.4, -0.2) is 26.7 Å². The lowest BCUT2D eigenvalue weighted by molar-refractivity contribution is -0.274. The largest absolute Gasteiger partial charge is 0.573 e. The second-order valence-electron chi connectivity index (χ2n) is 7.50. The first-order valence-corrected chi connectivity index (χ1v) is 10.7. The molecule has 0 aliphatic rings. The van der Waals surface area contributed by atoms with E-state index in [4.69, 9.17) is 4.98 Å². The van der Waals surface area contributed by atoms with Crippen LogP contribution in [0.25, 0.3) is 27.6 Å². The van der Waals surface area contributed by atoms with Gasteiger partial charge in [0.15, 0.2) is 5.16 Å². The summed E-state index contributed by atoms with van der Waals surface area (Å²) in [5.41, 5.74) is 1.84. The molecule has 0 saturated heterocycles. The van der Waals surface area contributed by atoms with Crippen LogP contribution in [0.4, 0.5) is 13.2 Å². The van der Waals surface area contributed by atoms with Crippen molar-refractivity contribution in [3.8, 4) is 11.4 Å². The molecule has 0 aliphatic heterocycles. The Bertz CT molecular complexity index is 1280. The summed E-state index contributed by atoms with van der Waals surface area (Å²) in [5, 5.41) is 1.34. The molecule has 0 atom stereocenters. The number of hydrogen-bond donors (Lipinski definition) is 1. The average molecular weight is 447 g/mol. The predicted molar refractivity (Wildman–Crippen MR) is 116 cm³/mol. The summed E-state index contributed by atoms with van der Waals surface area (Å²) < 4.78 is 42.8. The molecule has 31 heavy (non-hydrogen) atoms. The van der Waals surface area contributed by atoms with Crippen LogP contribution in [-0.2, 0) is 0 Å². The molecule has 0 spiro atoms. The normalized spacial score (nSPS) is 12.2. The predicted octanol–water partition coefficient (Wildman–Crippen LogP) is 5.90. The maximum Gasteiger partial charge on any atom is 0.573 e. The van der Waals surface area contributed by atoms with Crippen molar-refractivity contribution in [1.82, 2.24) is 14.5 Å². The zero-order valence-corrected chi connectivity index (χ0v) is 17.7. The lowest BCUT2D eigenvalue weighted by Gasteiger charge is -2.14. The van der Waals surface area contributed by atoms with Gasteiger partial charge in [-0.15, -0.1) is 13.2 Å². The van der Waals surface area contributed by atoms with E-state index in [1.54, 1.807) is 0 Å². The summed E-state index contributed by atoms with van der Waals surface area (Å²) in [5.74, 6) is 0.897. The van der Waals surface area contributed by atoms with Gasteiger partial charge in [0.1, 0.15) is 16.8 Å².